The first kappa shape index (κ1) is 16.5. The number of hydrogen-bond donors (Lipinski definition) is 0. The summed E-state index contributed by atoms with van der Waals surface area (Å²) in [7, 11) is 0. The van der Waals surface area contributed by atoms with Crippen LogP contribution in [0.1, 0.15) is 50.7 Å². The van der Waals surface area contributed by atoms with Crippen molar-refractivity contribution in [1.82, 2.24) is 4.90 Å². The molecule has 1 fully saturated rings. The predicted octanol–water partition coefficient (Wildman–Crippen LogP) is 3.08. The molecule has 0 bridgehead atoms. The summed E-state index contributed by atoms with van der Waals surface area (Å²) in [5.41, 5.74) is 1.91. The number of benzene rings is 1. The first-order valence-electron chi connectivity index (χ1n) is 7.95. The lowest BCUT2D eigenvalue weighted by Gasteiger charge is -2.34. The molecule has 4 nitrogen and oxygen atoms in total. The smallest absolute Gasteiger partial charge is 0.251 e. The van der Waals surface area contributed by atoms with Crippen LogP contribution in [-0.2, 0) is 9.53 Å². The van der Waals surface area contributed by atoms with Crippen LogP contribution >= 0.6 is 0 Å². The number of carbonyl (C=O) groups is 1. The van der Waals surface area contributed by atoms with Gasteiger partial charge in [0.1, 0.15) is 6.10 Å². The summed E-state index contributed by atoms with van der Waals surface area (Å²) in [5.74, 6) is 0.511. The molecule has 1 saturated heterocycles. The highest BCUT2D eigenvalue weighted by molar-refractivity contribution is 5.80. The van der Waals surface area contributed by atoms with Gasteiger partial charge in [0.15, 0.2) is 0 Å². The highest BCUT2D eigenvalue weighted by Gasteiger charge is 2.27. The number of likely N-dealkylation sites (tertiary alicyclic amines) is 1. The highest BCUT2D eigenvalue weighted by Crippen LogP contribution is 2.28. The van der Waals surface area contributed by atoms with Gasteiger partial charge in [-0.1, -0.05) is 12.1 Å². The van der Waals surface area contributed by atoms with Crippen LogP contribution in [0.2, 0.25) is 0 Å². The Hall–Kier alpha value is -1.86. The van der Waals surface area contributed by atoms with Crippen molar-refractivity contribution in [3.05, 3.63) is 35.4 Å². The van der Waals surface area contributed by atoms with Crippen molar-refractivity contribution >= 4 is 5.91 Å². The van der Waals surface area contributed by atoms with Crippen molar-refractivity contribution in [3.8, 4) is 6.07 Å². The Balaban J connectivity index is 1.92. The number of ether oxygens (including phenoxy) is 1. The van der Waals surface area contributed by atoms with E-state index >= 15 is 0 Å². The van der Waals surface area contributed by atoms with Crippen molar-refractivity contribution in [2.24, 2.45) is 0 Å². The Labute approximate surface area is 132 Å². The average molecular weight is 300 g/mol. The molecule has 0 N–H and O–H groups in total. The molecule has 2 rings (SSSR count). The maximum atomic E-state index is 12.3. The lowest BCUT2D eigenvalue weighted by atomic mass is 9.88. The molecule has 4 heteroatoms. The number of nitrogens with zero attached hydrogens (tertiary/aromatic N) is 2. The molecule has 1 heterocycles. The van der Waals surface area contributed by atoms with E-state index in [1.165, 1.54) is 5.56 Å². The lowest BCUT2D eigenvalue weighted by molar-refractivity contribution is -0.146. The Morgan fingerprint density at radius 3 is 2.59 bits per heavy atom. The van der Waals surface area contributed by atoms with E-state index in [0.29, 0.717) is 11.5 Å². The van der Waals surface area contributed by atoms with Crippen LogP contribution in [0.15, 0.2) is 24.3 Å². The van der Waals surface area contributed by atoms with Gasteiger partial charge in [-0.2, -0.15) is 5.26 Å². The van der Waals surface area contributed by atoms with E-state index in [-0.39, 0.29) is 18.1 Å². The van der Waals surface area contributed by atoms with Crippen LogP contribution in [-0.4, -0.2) is 36.1 Å². The van der Waals surface area contributed by atoms with Gasteiger partial charge in [0.05, 0.1) is 17.7 Å². The summed E-state index contributed by atoms with van der Waals surface area (Å²) in [6, 6.07) is 9.99. The fourth-order valence-electron chi connectivity index (χ4n) is 3.02. The molecule has 1 amide bonds. The maximum Gasteiger partial charge on any atom is 0.251 e. The first-order chi connectivity index (χ1) is 10.5. The molecule has 0 radical (unpaired) electrons. The molecule has 1 unspecified atom stereocenters. The lowest BCUT2D eigenvalue weighted by Crippen LogP contribution is -2.44. The van der Waals surface area contributed by atoms with Gasteiger partial charge in [0, 0.05) is 13.1 Å². The summed E-state index contributed by atoms with van der Waals surface area (Å²) in [6.07, 6.45) is 1.56. The average Bonchev–Trinajstić information content (AvgIpc) is 2.53. The van der Waals surface area contributed by atoms with Gasteiger partial charge < -0.3 is 9.64 Å². The number of hydrogen-bond acceptors (Lipinski definition) is 3. The molecule has 1 aromatic rings. The zero-order valence-electron chi connectivity index (χ0n) is 13.6. The van der Waals surface area contributed by atoms with E-state index in [1.54, 1.807) is 0 Å². The zero-order chi connectivity index (χ0) is 16.1. The van der Waals surface area contributed by atoms with Gasteiger partial charge in [-0.25, -0.2) is 0 Å². The zero-order valence-corrected chi connectivity index (χ0v) is 13.6. The third-order valence-corrected chi connectivity index (χ3v) is 4.12. The quantitative estimate of drug-likeness (QED) is 0.858. The van der Waals surface area contributed by atoms with Crippen LogP contribution in [0.4, 0.5) is 0 Å². The summed E-state index contributed by atoms with van der Waals surface area (Å²) in [6.45, 7) is 7.22. The van der Waals surface area contributed by atoms with Gasteiger partial charge in [-0.15, -0.1) is 0 Å². The second kappa shape index (κ2) is 7.42. The number of amides is 1. The van der Waals surface area contributed by atoms with E-state index in [2.05, 4.69) is 12.1 Å². The van der Waals surface area contributed by atoms with Crippen molar-refractivity contribution in [2.75, 3.05) is 13.1 Å². The summed E-state index contributed by atoms with van der Waals surface area (Å²) >= 11 is 0. The molecule has 0 spiro atoms. The van der Waals surface area contributed by atoms with Gasteiger partial charge >= 0.3 is 0 Å². The van der Waals surface area contributed by atoms with Gasteiger partial charge in [-0.3, -0.25) is 4.79 Å². The highest BCUT2D eigenvalue weighted by atomic mass is 16.5. The first-order valence-corrected chi connectivity index (χ1v) is 7.95. The third-order valence-electron chi connectivity index (χ3n) is 4.12. The van der Waals surface area contributed by atoms with E-state index in [4.69, 9.17) is 10.00 Å². The van der Waals surface area contributed by atoms with E-state index in [1.807, 2.05) is 43.9 Å². The molecule has 118 valence electrons. The van der Waals surface area contributed by atoms with Crippen molar-refractivity contribution in [3.63, 3.8) is 0 Å². The van der Waals surface area contributed by atoms with Gasteiger partial charge in [0.25, 0.3) is 5.91 Å². The Morgan fingerprint density at radius 1 is 1.32 bits per heavy atom. The Morgan fingerprint density at radius 2 is 2.00 bits per heavy atom. The number of piperidine rings is 1. The topological polar surface area (TPSA) is 53.3 Å². The SMILES string of the molecule is CC(C)OC(C)C(=O)N1CCC(c2cccc(C#N)c2)CC1. The minimum Gasteiger partial charge on any atom is -0.366 e. The van der Waals surface area contributed by atoms with Crippen molar-refractivity contribution < 1.29 is 9.53 Å². The van der Waals surface area contributed by atoms with Crippen LogP contribution in [0.25, 0.3) is 0 Å². The second-order valence-electron chi connectivity index (χ2n) is 6.16. The summed E-state index contributed by atoms with van der Waals surface area (Å²) in [5, 5.41) is 8.99. The van der Waals surface area contributed by atoms with Crippen LogP contribution in [0.3, 0.4) is 0 Å². The summed E-state index contributed by atoms with van der Waals surface area (Å²) in [4.78, 5) is 14.2. The van der Waals surface area contributed by atoms with Gasteiger partial charge in [-0.05, 0) is 57.2 Å². The predicted molar refractivity (Wildman–Crippen MR) is 85.4 cm³/mol. The Bertz CT molecular complexity index is 554. The fourth-order valence-corrected chi connectivity index (χ4v) is 3.02. The molecule has 1 aliphatic heterocycles. The fraction of sp³-hybridized carbons (Fsp3) is 0.556. The molecule has 1 aliphatic rings. The maximum absolute atomic E-state index is 12.3. The van der Waals surface area contributed by atoms with Crippen LogP contribution in [0.5, 0.6) is 0 Å². The van der Waals surface area contributed by atoms with Crippen LogP contribution < -0.4 is 0 Å². The molecule has 0 aromatic heterocycles. The molecule has 0 aliphatic carbocycles. The van der Waals surface area contributed by atoms with Crippen molar-refractivity contribution in [1.29, 1.82) is 5.26 Å². The number of rotatable bonds is 4. The Kier molecular flexibility index (Phi) is 5.57. The summed E-state index contributed by atoms with van der Waals surface area (Å²) < 4.78 is 5.58. The molecular formula is C18H24N2O2. The minimum absolute atomic E-state index is 0.0604. The monoisotopic (exact) mass is 300 g/mol. The second-order valence-corrected chi connectivity index (χ2v) is 6.16. The van der Waals surface area contributed by atoms with Gasteiger partial charge in [0.2, 0.25) is 0 Å². The molecule has 22 heavy (non-hydrogen) atoms. The van der Waals surface area contributed by atoms with E-state index in [9.17, 15) is 4.79 Å². The standard InChI is InChI=1S/C18H24N2O2/c1-13(2)22-14(3)18(21)20-9-7-16(8-10-20)17-6-4-5-15(11-17)12-19/h4-6,11,13-14,16H,7-10H2,1-3H3. The largest absolute Gasteiger partial charge is 0.366 e. The minimum atomic E-state index is -0.376. The van der Waals surface area contributed by atoms with E-state index in [0.717, 1.165) is 25.9 Å². The van der Waals surface area contributed by atoms with Crippen molar-refractivity contribution in [2.45, 2.75) is 51.7 Å². The number of nitriles is 1. The van der Waals surface area contributed by atoms with E-state index < -0.39 is 0 Å². The molecule has 1 aromatic carbocycles. The molecule has 1 atom stereocenters. The normalized spacial score (nSPS) is 17.3. The molecule has 0 saturated carbocycles. The van der Waals surface area contributed by atoms with Crippen LogP contribution in [0, 0.1) is 11.3 Å². The number of carbonyl (C=O) groups excluding carboxylic acids is 1. The molecular weight excluding hydrogens is 276 g/mol. The third kappa shape index (κ3) is 4.08.